The van der Waals surface area contributed by atoms with E-state index in [0.717, 1.165) is 20.9 Å². The maximum atomic E-state index is 12.9. The molecule has 1 aliphatic heterocycles. The van der Waals surface area contributed by atoms with E-state index in [2.05, 4.69) is 38.5 Å². The minimum Gasteiger partial charge on any atom is -0.493 e. The average molecular weight is 685 g/mol. The number of imide groups is 1. The third-order valence-electron chi connectivity index (χ3n) is 4.97. The van der Waals surface area contributed by atoms with Crippen LogP contribution in [0.4, 0.5) is 4.79 Å². The van der Waals surface area contributed by atoms with Crippen LogP contribution < -0.4 is 9.47 Å². The summed E-state index contributed by atoms with van der Waals surface area (Å²) in [6.45, 7) is 0.197. The van der Waals surface area contributed by atoms with Crippen LogP contribution in [0.25, 0.3) is 6.08 Å². The zero-order chi connectivity index (χ0) is 25.1. The fraction of sp³-hybridized carbons (Fsp3) is 0.0800. The lowest BCUT2D eigenvalue weighted by Gasteiger charge is -2.13. The van der Waals surface area contributed by atoms with Crippen LogP contribution in [0.15, 0.2) is 70.0 Å². The van der Waals surface area contributed by atoms with Crippen molar-refractivity contribution in [2.75, 3.05) is 7.11 Å². The molecule has 178 valence electrons. The van der Waals surface area contributed by atoms with Crippen molar-refractivity contribution < 1.29 is 23.9 Å². The van der Waals surface area contributed by atoms with Crippen molar-refractivity contribution in [2.24, 2.45) is 0 Å². The second-order valence-corrected chi connectivity index (χ2v) is 10.8. The van der Waals surface area contributed by atoms with E-state index < -0.39 is 5.97 Å². The lowest BCUT2D eigenvalue weighted by Crippen LogP contribution is -2.27. The number of hydrogen-bond donors (Lipinski definition) is 0. The molecular formula is C25H16BrClINO5S. The second kappa shape index (κ2) is 11.2. The molecule has 0 saturated carbocycles. The zero-order valence-corrected chi connectivity index (χ0v) is 23.4. The van der Waals surface area contributed by atoms with Gasteiger partial charge in [0, 0.05) is 3.57 Å². The maximum Gasteiger partial charge on any atom is 0.345 e. The van der Waals surface area contributed by atoms with Crippen molar-refractivity contribution in [3.8, 4) is 11.5 Å². The standard InChI is InChI=1S/C25H16BrClINO5S/c1-33-20-11-15(10-18(26)22(20)34-24(31)17-4-2-3-5-19(17)27)12-21-23(30)29(25(32)35-21)13-14-6-8-16(28)9-7-14/h2-12H,13H2,1H3/b21-12-. The number of ether oxygens (including phenoxy) is 2. The summed E-state index contributed by atoms with van der Waals surface area (Å²) >= 11 is 12.6. The summed E-state index contributed by atoms with van der Waals surface area (Å²) in [5.74, 6) is -0.576. The Morgan fingerprint density at radius 1 is 1.14 bits per heavy atom. The molecule has 0 bridgehead atoms. The van der Waals surface area contributed by atoms with Crippen molar-refractivity contribution in [3.05, 3.63) is 95.3 Å². The van der Waals surface area contributed by atoms with E-state index in [1.807, 2.05) is 24.3 Å². The van der Waals surface area contributed by atoms with Gasteiger partial charge in [-0.1, -0.05) is 35.9 Å². The first-order chi connectivity index (χ1) is 16.8. The fourth-order valence-electron chi connectivity index (χ4n) is 3.26. The van der Waals surface area contributed by atoms with Gasteiger partial charge in [-0.15, -0.1) is 0 Å². The second-order valence-electron chi connectivity index (χ2n) is 7.30. The Morgan fingerprint density at radius 3 is 2.54 bits per heavy atom. The molecule has 6 nitrogen and oxygen atoms in total. The van der Waals surface area contributed by atoms with Gasteiger partial charge in [-0.3, -0.25) is 14.5 Å². The van der Waals surface area contributed by atoms with Crippen molar-refractivity contribution in [3.63, 3.8) is 0 Å². The van der Waals surface area contributed by atoms with Crippen molar-refractivity contribution >= 4 is 85.1 Å². The topological polar surface area (TPSA) is 72.9 Å². The summed E-state index contributed by atoms with van der Waals surface area (Å²) in [6, 6.07) is 17.5. The Morgan fingerprint density at radius 2 is 1.86 bits per heavy atom. The Bertz CT molecular complexity index is 1360. The number of esters is 1. The molecule has 0 atom stereocenters. The van der Waals surface area contributed by atoms with Gasteiger partial charge in [-0.2, -0.15) is 0 Å². The smallest absolute Gasteiger partial charge is 0.345 e. The normalized spacial score (nSPS) is 14.5. The monoisotopic (exact) mass is 683 g/mol. The molecule has 0 aliphatic carbocycles. The summed E-state index contributed by atoms with van der Waals surface area (Å²) in [5, 5.41) is -0.0682. The van der Waals surface area contributed by atoms with Gasteiger partial charge in [0.05, 0.1) is 33.6 Å². The van der Waals surface area contributed by atoms with E-state index in [1.54, 1.807) is 42.5 Å². The highest BCUT2D eigenvalue weighted by atomic mass is 127. The number of carbonyl (C=O) groups is 3. The molecule has 10 heteroatoms. The predicted octanol–water partition coefficient (Wildman–Crippen LogP) is 7.17. The van der Waals surface area contributed by atoms with E-state index in [9.17, 15) is 14.4 Å². The fourth-order valence-corrected chi connectivity index (χ4v) is 5.21. The number of methoxy groups -OCH3 is 1. The van der Waals surface area contributed by atoms with Crippen LogP contribution >= 0.6 is 61.9 Å². The Hall–Kier alpha value is -2.34. The Labute approximate surface area is 232 Å². The van der Waals surface area contributed by atoms with Gasteiger partial charge < -0.3 is 9.47 Å². The highest BCUT2D eigenvalue weighted by Gasteiger charge is 2.35. The van der Waals surface area contributed by atoms with Crippen molar-refractivity contribution in [2.45, 2.75) is 6.54 Å². The lowest BCUT2D eigenvalue weighted by molar-refractivity contribution is -0.123. The molecule has 35 heavy (non-hydrogen) atoms. The minimum atomic E-state index is -0.640. The van der Waals surface area contributed by atoms with Crippen molar-refractivity contribution in [1.29, 1.82) is 0 Å². The van der Waals surface area contributed by atoms with Crippen LogP contribution in [-0.2, 0) is 11.3 Å². The van der Waals surface area contributed by atoms with Crippen molar-refractivity contribution in [1.82, 2.24) is 4.90 Å². The number of nitrogens with zero attached hydrogens (tertiary/aromatic N) is 1. The van der Waals surface area contributed by atoms with Crippen LogP contribution in [0.5, 0.6) is 11.5 Å². The van der Waals surface area contributed by atoms with E-state index >= 15 is 0 Å². The Balaban J connectivity index is 1.57. The van der Waals surface area contributed by atoms with Crippen LogP contribution in [-0.4, -0.2) is 29.1 Å². The largest absolute Gasteiger partial charge is 0.493 e. The predicted molar refractivity (Wildman–Crippen MR) is 148 cm³/mol. The molecule has 1 aliphatic rings. The number of benzene rings is 3. The molecule has 0 radical (unpaired) electrons. The molecule has 1 heterocycles. The first-order valence-electron chi connectivity index (χ1n) is 10.1. The van der Waals surface area contributed by atoms with E-state index in [1.165, 1.54) is 12.0 Å². The van der Waals surface area contributed by atoms with Crippen LogP contribution in [0.1, 0.15) is 21.5 Å². The van der Waals surface area contributed by atoms with E-state index in [-0.39, 0.29) is 44.7 Å². The third-order valence-corrected chi connectivity index (χ3v) is 7.51. The number of thioether (sulfide) groups is 1. The summed E-state index contributed by atoms with van der Waals surface area (Å²) in [7, 11) is 1.44. The van der Waals surface area contributed by atoms with Crippen LogP contribution in [0.3, 0.4) is 0 Å². The lowest BCUT2D eigenvalue weighted by atomic mass is 10.1. The summed E-state index contributed by atoms with van der Waals surface area (Å²) in [4.78, 5) is 39.5. The highest BCUT2D eigenvalue weighted by Crippen LogP contribution is 2.40. The van der Waals surface area contributed by atoms with Gasteiger partial charge in [0.1, 0.15) is 0 Å². The summed E-state index contributed by atoms with van der Waals surface area (Å²) in [6.07, 6.45) is 1.60. The first-order valence-corrected chi connectivity index (χ1v) is 13.2. The molecule has 3 aromatic carbocycles. The van der Waals surface area contributed by atoms with Gasteiger partial charge in [0.15, 0.2) is 11.5 Å². The number of halogens is 3. The summed E-state index contributed by atoms with van der Waals surface area (Å²) in [5.41, 5.74) is 1.67. The molecule has 4 rings (SSSR count). The first kappa shape index (κ1) is 25.7. The van der Waals surface area contributed by atoms with Gasteiger partial charge in [0.2, 0.25) is 0 Å². The van der Waals surface area contributed by atoms with E-state index in [0.29, 0.717) is 10.0 Å². The summed E-state index contributed by atoms with van der Waals surface area (Å²) < 4.78 is 12.5. The molecule has 0 N–H and O–H groups in total. The van der Waals surface area contributed by atoms with Gasteiger partial charge >= 0.3 is 5.97 Å². The maximum absolute atomic E-state index is 12.9. The van der Waals surface area contributed by atoms with Gasteiger partial charge in [0.25, 0.3) is 11.1 Å². The number of rotatable bonds is 6. The molecule has 3 aromatic rings. The molecule has 1 saturated heterocycles. The SMILES string of the molecule is COc1cc(/C=C2\SC(=O)N(Cc3ccc(I)cc3)C2=O)cc(Br)c1OC(=O)c1ccccc1Cl. The molecule has 1 fully saturated rings. The molecule has 0 aromatic heterocycles. The molecule has 0 spiro atoms. The molecule has 0 unspecified atom stereocenters. The van der Waals surface area contributed by atoms with E-state index in [4.69, 9.17) is 21.1 Å². The average Bonchev–Trinajstić information content (AvgIpc) is 3.09. The zero-order valence-electron chi connectivity index (χ0n) is 18.1. The van der Waals surface area contributed by atoms with Crippen LogP contribution in [0.2, 0.25) is 5.02 Å². The third kappa shape index (κ3) is 5.91. The quantitative estimate of drug-likeness (QED) is 0.119. The number of hydrogen-bond acceptors (Lipinski definition) is 6. The highest BCUT2D eigenvalue weighted by molar-refractivity contribution is 14.1. The number of amides is 2. The Kier molecular flexibility index (Phi) is 8.20. The molecular weight excluding hydrogens is 669 g/mol. The number of carbonyl (C=O) groups excluding carboxylic acids is 3. The molecule has 2 amide bonds. The minimum absolute atomic E-state index is 0.168. The van der Waals surface area contributed by atoms with Crippen LogP contribution in [0, 0.1) is 3.57 Å². The van der Waals surface area contributed by atoms with Gasteiger partial charge in [-0.05, 0) is 104 Å². The van der Waals surface area contributed by atoms with Gasteiger partial charge in [-0.25, -0.2) is 4.79 Å².